The first-order chi connectivity index (χ1) is 8.95. The van der Waals surface area contributed by atoms with E-state index in [9.17, 15) is 15.5 Å². The minimum Gasteiger partial charge on any atom is -0.503 e. The van der Waals surface area contributed by atoms with Crippen LogP contribution in [0.4, 0.5) is 11.4 Å². The van der Waals surface area contributed by atoms with Gasteiger partial charge in [-0.15, -0.1) is 0 Å². The molecule has 0 aliphatic carbocycles. The molecule has 5 nitrogen and oxygen atoms in total. The fourth-order valence-corrected chi connectivity index (χ4v) is 1.81. The molecule has 0 saturated carbocycles. The zero-order valence-electron chi connectivity index (χ0n) is 10.7. The van der Waals surface area contributed by atoms with Crippen molar-refractivity contribution in [1.29, 1.82) is 0 Å². The van der Waals surface area contributed by atoms with Crippen molar-refractivity contribution in [2.45, 2.75) is 6.92 Å². The number of hydrogen-bond acceptors (Lipinski definition) is 4. The summed E-state index contributed by atoms with van der Waals surface area (Å²) in [6.45, 7) is 1.80. The van der Waals surface area contributed by atoms with Gasteiger partial charge in [-0.1, -0.05) is 6.07 Å². The molecule has 5 heteroatoms. The van der Waals surface area contributed by atoms with Crippen LogP contribution >= 0.6 is 0 Å². The quantitative estimate of drug-likeness (QED) is 0.587. The summed E-state index contributed by atoms with van der Waals surface area (Å²) < 4.78 is 5.01. The number of benzene rings is 2. The number of nitrogens with zero attached hydrogens (tertiary/aromatic N) is 1. The molecule has 19 heavy (non-hydrogen) atoms. The van der Waals surface area contributed by atoms with Gasteiger partial charge < -0.3 is 9.84 Å². The zero-order chi connectivity index (χ0) is 14.0. The van der Waals surface area contributed by atoms with E-state index in [-0.39, 0.29) is 17.1 Å². The van der Waals surface area contributed by atoms with Gasteiger partial charge in [0.05, 0.1) is 7.11 Å². The van der Waals surface area contributed by atoms with Crippen LogP contribution in [0, 0.1) is 6.92 Å². The highest BCUT2D eigenvalue weighted by Gasteiger charge is 2.34. The molecule has 0 bridgehead atoms. The standard InChI is InChI=1S/C14H15NO4/c1-10-3-8-14(16)13(9-10)15(17,18)11-4-6-12(19-2)7-5-11/h3-9,17-18H,1-2H3/p+1. The summed E-state index contributed by atoms with van der Waals surface area (Å²) in [4.78, 5) is -1.52. The van der Waals surface area contributed by atoms with Crippen LogP contribution in [0.5, 0.6) is 11.5 Å². The summed E-state index contributed by atoms with van der Waals surface area (Å²) in [6, 6.07) is 10.9. The summed E-state index contributed by atoms with van der Waals surface area (Å²) in [5.41, 5.74) is 0.999. The highest BCUT2D eigenvalue weighted by Crippen LogP contribution is 2.37. The van der Waals surface area contributed by atoms with E-state index in [0.717, 1.165) is 5.56 Å². The molecule has 0 aliphatic rings. The number of aryl methyl sites for hydroxylation is 1. The van der Waals surface area contributed by atoms with E-state index in [2.05, 4.69) is 0 Å². The number of hydrogen-bond donors (Lipinski definition) is 3. The second-order valence-corrected chi connectivity index (χ2v) is 4.29. The lowest BCUT2D eigenvalue weighted by molar-refractivity contribution is -0.245. The molecule has 3 N–H and O–H groups in total. The van der Waals surface area contributed by atoms with Crippen molar-refractivity contribution < 1.29 is 20.3 Å². The second-order valence-electron chi connectivity index (χ2n) is 4.29. The van der Waals surface area contributed by atoms with Gasteiger partial charge in [-0.25, -0.2) is 0 Å². The lowest BCUT2D eigenvalue weighted by atomic mass is 10.2. The SMILES string of the molecule is COc1ccc([N+](O)(O)c2cc(C)ccc2O)cc1. The van der Waals surface area contributed by atoms with E-state index in [0.29, 0.717) is 5.75 Å². The predicted octanol–water partition coefficient (Wildman–Crippen LogP) is 3.13. The Morgan fingerprint density at radius 3 is 2.21 bits per heavy atom. The van der Waals surface area contributed by atoms with Crippen LogP contribution in [0.25, 0.3) is 0 Å². The van der Waals surface area contributed by atoms with Gasteiger partial charge in [-0.2, -0.15) is 10.4 Å². The second kappa shape index (κ2) is 4.89. The normalized spacial score (nSPS) is 11.4. The molecule has 0 heterocycles. The Balaban J connectivity index is 2.48. The van der Waals surface area contributed by atoms with Gasteiger partial charge in [0.1, 0.15) is 5.75 Å². The molecule has 0 amide bonds. The molecule has 0 aromatic heterocycles. The maximum Gasteiger partial charge on any atom is 0.247 e. The van der Waals surface area contributed by atoms with Gasteiger partial charge in [-0.3, -0.25) is 0 Å². The molecule has 0 spiro atoms. The van der Waals surface area contributed by atoms with E-state index in [1.165, 1.54) is 31.4 Å². The van der Waals surface area contributed by atoms with Crippen LogP contribution < -0.4 is 9.55 Å². The van der Waals surface area contributed by atoms with Gasteiger partial charge in [0.25, 0.3) is 0 Å². The molecule has 2 aromatic carbocycles. The van der Waals surface area contributed by atoms with Crippen molar-refractivity contribution in [2.75, 3.05) is 7.11 Å². The summed E-state index contributed by atoms with van der Waals surface area (Å²) in [6.07, 6.45) is 0. The van der Waals surface area contributed by atoms with Crippen molar-refractivity contribution in [3.05, 3.63) is 48.0 Å². The minimum atomic E-state index is -1.52. The largest absolute Gasteiger partial charge is 0.503 e. The molecule has 0 radical (unpaired) electrons. The van der Waals surface area contributed by atoms with Crippen LogP contribution in [0.15, 0.2) is 42.5 Å². The van der Waals surface area contributed by atoms with Gasteiger partial charge >= 0.3 is 0 Å². The monoisotopic (exact) mass is 262 g/mol. The lowest BCUT2D eigenvalue weighted by Gasteiger charge is -2.21. The minimum absolute atomic E-state index is 0.00910. The molecular weight excluding hydrogens is 246 g/mol. The average Bonchev–Trinajstić information content (AvgIpc) is 2.41. The topological polar surface area (TPSA) is 69.9 Å². The fourth-order valence-electron chi connectivity index (χ4n) is 1.81. The van der Waals surface area contributed by atoms with Crippen LogP contribution in [0.2, 0.25) is 0 Å². The molecule has 2 rings (SSSR count). The van der Waals surface area contributed by atoms with Crippen LogP contribution in [-0.4, -0.2) is 22.6 Å². The number of aromatic hydroxyl groups is 1. The van der Waals surface area contributed by atoms with E-state index < -0.39 is 4.81 Å². The fraction of sp³-hybridized carbons (Fsp3) is 0.143. The summed E-state index contributed by atoms with van der Waals surface area (Å²) in [7, 11) is 1.53. The molecular formula is C14H16NO4+. The molecule has 0 atom stereocenters. The molecule has 2 aromatic rings. The van der Waals surface area contributed by atoms with Crippen molar-refractivity contribution in [3.63, 3.8) is 0 Å². The third kappa shape index (κ3) is 2.53. The summed E-state index contributed by atoms with van der Waals surface area (Å²) in [5, 5.41) is 30.2. The van der Waals surface area contributed by atoms with Gasteiger partial charge in [-0.05, 0) is 30.7 Å². The maximum absolute atomic E-state index is 10.2. The number of quaternary nitrogens is 1. The first kappa shape index (κ1) is 13.4. The van der Waals surface area contributed by atoms with Crippen molar-refractivity contribution >= 4 is 11.4 Å². The van der Waals surface area contributed by atoms with Crippen molar-refractivity contribution in [2.24, 2.45) is 0 Å². The molecule has 0 unspecified atom stereocenters. The lowest BCUT2D eigenvalue weighted by Crippen LogP contribution is -2.36. The maximum atomic E-state index is 10.2. The molecule has 0 saturated heterocycles. The van der Waals surface area contributed by atoms with Gasteiger partial charge in [0.2, 0.25) is 11.4 Å². The smallest absolute Gasteiger partial charge is 0.247 e. The van der Waals surface area contributed by atoms with E-state index in [1.54, 1.807) is 25.1 Å². The number of phenolic OH excluding ortho intramolecular Hbond substituents is 1. The number of methoxy groups -OCH3 is 1. The molecule has 0 aliphatic heterocycles. The third-order valence-corrected chi connectivity index (χ3v) is 2.90. The first-order valence-corrected chi connectivity index (χ1v) is 5.74. The summed E-state index contributed by atoms with van der Waals surface area (Å²) in [5.74, 6) is 0.420. The van der Waals surface area contributed by atoms with Gasteiger partial charge in [0, 0.05) is 23.0 Å². The Morgan fingerprint density at radius 2 is 1.63 bits per heavy atom. The summed E-state index contributed by atoms with van der Waals surface area (Å²) >= 11 is 0. The first-order valence-electron chi connectivity index (χ1n) is 5.74. The number of rotatable bonds is 3. The van der Waals surface area contributed by atoms with Gasteiger partial charge in [0.15, 0.2) is 5.75 Å². The Bertz CT molecular complexity index is 578. The predicted molar refractivity (Wildman–Crippen MR) is 70.9 cm³/mol. The van der Waals surface area contributed by atoms with Crippen molar-refractivity contribution in [3.8, 4) is 11.5 Å². The molecule has 0 fully saturated rings. The van der Waals surface area contributed by atoms with E-state index >= 15 is 0 Å². The third-order valence-electron chi connectivity index (χ3n) is 2.90. The number of ether oxygens (including phenoxy) is 1. The Labute approximate surface area is 111 Å². The highest BCUT2D eigenvalue weighted by atomic mass is 16.8. The highest BCUT2D eigenvalue weighted by molar-refractivity contribution is 5.61. The van der Waals surface area contributed by atoms with Crippen molar-refractivity contribution in [1.82, 2.24) is 4.81 Å². The number of phenols is 1. The van der Waals surface area contributed by atoms with E-state index in [1.807, 2.05) is 0 Å². The average molecular weight is 262 g/mol. The molecule has 100 valence electrons. The van der Waals surface area contributed by atoms with E-state index in [4.69, 9.17) is 4.74 Å². The Hall–Kier alpha value is -2.08. The van der Waals surface area contributed by atoms with Crippen LogP contribution in [-0.2, 0) is 0 Å². The Kier molecular flexibility index (Phi) is 3.44. The van der Waals surface area contributed by atoms with Crippen LogP contribution in [0.1, 0.15) is 5.56 Å². The van der Waals surface area contributed by atoms with Crippen LogP contribution in [0.3, 0.4) is 0 Å². The Morgan fingerprint density at radius 1 is 1.00 bits per heavy atom. The zero-order valence-corrected chi connectivity index (χ0v) is 10.7.